The van der Waals surface area contributed by atoms with E-state index in [1.54, 1.807) is 0 Å². The van der Waals surface area contributed by atoms with Gasteiger partial charge in [-0.3, -0.25) is 19.5 Å². The fraction of sp³-hybridized carbons (Fsp3) is 0.500. The van der Waals surface area contributed by atoms with Crippen molar-refractivity contribution in [3.8, 4) is 0 Å². The zero-order valence-corrected chi connectivity index (χ0v) is 18.5. The monoisotopic (exact) mass is 501 g/mol. The second kappa shape index (κ2) is 8.89. The number of rotatable bonds is 5. The van der Waals surface area contributed by atoms with E-state index in [1.165, 1.54) is 11.8 Å². The largest absolute Gasteiger partial charge is 0.325 e. The number of nitrogens with zero attached hydrogens (tertiary/aromatic N) is 2. The molecule has 1 aromatic rings. The third-order valence-corrected chi connectivity index (χ3v) is 6.86. The molecule has 1 atom stereocenters. The molecule has 5 nitrogen and oxygen atoms in total. The molecule has 0 spiro atoms. The van der Waals surface area contributed by atoms with E-state index in [2.05, 4.69) is 42.2 Å². The van der Waals surface area contributed by atoms with Gasteiger partial charge < -0.3 is 5.32 Å². The summed E-state index contributed by atoms with van der Waals surface area (Å²) in [5.41, 5.74) is 0.698. The van der Waals surface area contributed by atoms with Crippen LogP contribution in [0.1, 0.15) is 39.0 Å². The number of carbonyl (C=O) groups excluding carboxylic acids is 2. The Morgan fingerprint density at radius 3 is 2.73 bits per heavy atom. The zero-order valence-electron chi connectivity index (χ0n) is 14.5. The van der Waals surface area contributed by atoms with Crippen LogP contribution in [0.2, 0.25) is 0 Å². The maximum atomic E-state index is 12.9. The molecule has 0 bridgehead atoms. The van der Waals surface area contributed by atoms with Crippen LogP contribution in [0.25, 0.3) is 0 Å². The first-order valence-electron chi connectivity index (χ1n) is 8.78. The molecule has 2 aliphatic rings. The summed E-state index contributed by atoms with van der Waals surface area (Å²) in [4.78, 5) is 31.7. The minimum Gasteiger partial charge on any atom is -0.325 e. The number of carbonyl (C=O) groups is 2. The highest BCUT2D eigenvalue weighted by Crippen LogP contribution is 2.36. The number of anilines is 1. The highest BCUT2D eigenvalue weighted by atomic mass is 79.9. The van der Waals surface area contributed by atoms with Crippen LogP contribution >= 0.6 is 43.6 Å². The first-order chi connectivity index (χ1) is 12.5. The first kappa shape index (κ1) is 19.9. The Morgan fingerprint density at radius 2 is 2.08 bits per heavy atom. The van der Waals surface area contributed by atoms with Crippen LogP contribution in [0.4, 0.5) is 5.69 Å². The molecule has 8 heteroatoms. The van der Waals surface area contributed by atoms with Gasteiger partial charge in [-0.25, -0.2) is 0 Å². The highest BCUT2D eigenvalue weighted by Gasteiger charge is 2.43. The van der Waals surface area contributed by atoms with Gasteiger partial charge in [-0.2, -0.15) is 0 Å². The molecule has 1 heterocycles. The van der Waals surface area contributed by atoms with Crippen molar-refractivity contribution in [2.75, 3.05) is 11.9 Å². The number of halogens is 2. The molecule has 0 radical (unpaired) electrons. The Labute approximate surface area is 174 Å². The van der Waals surface area contributed by atoms with Crippen LogP contribution in [-0.4, -0.2) is 39.7 Å². The minimum atomic E-state index is -0.393. The summed E-state index contributed by atoms with van der Waals surface area (Å²) >= 11 is 8.26. The molecule has 2 fully saturated rings. The van der Waals surface area contributed by atoms with Crippen molar-refractivity contribution in [2.45, 2.75) is 50.3 Å². The Kier molecular flexibility index (Phi) is 6.80. The van der Waals surface area contributed by atoms with Gasteiger partial charge in [0.2, 0.25) is 11.8 Å². The van der Waals surface area contributed by atoms with Crippen molar-refractivity contribution in [3.05, 3.63) is 27.1 Å². The highest BCUT2D eigenvalue weighted by molar-refractivity contribution is 9.11. The second-order valence-corrected chi connectivity index (χ2v) is 9.33. The van der Waals surface area contributed by atoms with Gasteiger partial charge in [-0.1, -0.05) is 40.5 Å². The molecule has 1 aliphatic heterocycles. The van der Waals surface area contributed by atoms with Gasteiger partial charge in [0, 0.05) is 28.0 Å². The smallest absolute Gasteiger partial charge is 0.242 e. The Balaban J connectivity index is 1.68. The zero-order chi connectivity index (χ0) is 18.7. The lowest BCUT2D eigenvalue weighted by atomic mass is 10.2. The van der Waals surface area contributed by atoms with Crippen molar-refractivity contribution >= 4 is 66.3 Å². The topological polar surface area (TPSA) is 61.8 Å². The summed E-state index contributed by atoms with van der Waals surface area (Å²) in [6.45, 7) is 2.61. The standard InChI is InChI=1S/C18H21Br2N3O2S/c1-2-21-18-23(12-5-3-4-6-12)17(25)15(26-18)10-16(24)22-14-8-7-11(19)9-13(14)20/h7-9,12,15H,2-6,10H2,1H3,(H,22,24)/t15-/m1/s1. The molecule has 2 amide bonds. The number of nitrogens with one attached hydrogen (secondary N) is 1. The third-order valence-electron chi connectivity index (χ3n) is 4.53. The number of hydrogen-bond acceptors (Lipinski definition) is 4. The molecule has 0 aromatic heterocycles. The lowest BCUT2D eigenvalue weighted by molar-refractivity contribution is -0.129. The average Bonchev–Trinajstić information content (AvgIpc) is 3.20. The summed E-state index contributed by atoms with van der Waals surface area (Å²) in [6, 6.07) is 5.81. The van der Waals surface area contributed by atoms with Gasteiger partial charge in [0.25, 0.3) is 0 Å². The third kappa shape index (κ3) is 4.51. The molecule has 1 aromatic carbocycles. The van der Waals surface area contributed by atoms with E-state index in [1.807, 2.05) is 30.0 Å². The molecule has 26 heavy (non-hydrogen) atoms. The molecular weight excluding hydrogens is 482 g/mol. The van der Waals surface area contributed by atoms with Gasteiger partial charge in [0.05, 0.1) is 5.69 Å². The summed E-state index contributed by atoms with van der Waals surface area (Å²) < 4.78 is 1.72. The predicted molar refractivity (Wildman–Crippen MR) is 114 cm³/mol. The molecule has 1 saturated carbocycles. The number of amidine groups is 1. The lowest BCUT2D eigenvalue weighted by Gasteiger charge is -2.23. The molecule has 140 valence electrons. The Hall–Kier alpha value is -0.860. The molecular formula is C18H21Br2N3O2S. The Morgan fingerprint density at radius 1 is 1.35 bits per heavy atom. The van der Waals surface area contributed by atoms with Crippen molar-refractivity contribution in [1.29, 1.82) is 0 Å². The molecule has 1 aliphatic carbocycles. The van der Waals surface area contributed by atoms with E-state index in [0.717, 1.165) is 39.8 Å². The number of thioether (sulfide) groups is 1. The van der Waals surface area contributed by atoms with E-state index in [-0.39, 0.29) is 24.3 Å². The number of aliphatic imine (C=N–C) groups is 1. The quantitative estimate of drug-likeness (QED) is 0.628. The van der Waals surface area contributed by atoms with Crippen LogP contribution in [0.15, 0.2) is 32.1 Å². The lowest BCUT2D eigenvalue weighted by Crippen LogP contribution is -2.40. The molecule has 3 rings (SSSR count). The van der Waals surface area contributed by atoms with E-state index in [0.29, 0.717) is 12.2 Å². The Bertz CT molecular complexity index is 735. The van der Waals surface area contributed by atoms with E-state index in [4.69, 9.17) is 0 Å². The fourth-order valence-electron chi connectivity index (χ4n) is 3.32. The van der Waals surface area contributed by atoms with Crippen molar-refractivity contribution in [2.24, 2.45) is 4.99 Å². The predicted octanol–water partition coefficient (Wildman–Crippen LogP) is 4.80. The SMILES string of the molecule is CCN=C1S[C@H](CC(=O)Nc2ccc(Br)cc2Br)C(=O)N1C1CCCC1. The van der Waals surface area contributed by atoms with E-state index < -0.39 is 5.25 Å². The fourth-order valence-corrected chi connectivity index (χ4v) is 5.73. The van der Waals surface area contributed by atoms with Gasteiger partial charge >= 0.3 is 0 Å². The summed E-state index contributed by atoms with van der Waals surface area (Å²) in [6.07, 6.45) is 4.51. The number of benzene rings is 1. The first-order valence-corrected chi connectivity index (χ1v) is 11.2. The normalized spacial score (nSPS) is 22.4. The summed E-state index contributed by atoms with van der Waals surface area (Å²) in [7, 11) is 0. The molecule has 1 saturated heterocycles. The van der Waals surface area contributed by atoms with Gasteiger partial charge in [0.15, 0.2) is 5.17 Å². The van der Waals surface area contributed by atoms with Gasteiger partial charge in [-0.05, 0) is 53.9 Å². The van der Waals surface area contributed by atoms with Crippen molar-refractivity contribution in [3.63, 3.8) is 0 Å². The number of hydrogen-bond donors (Lipinski definition) is 1. The van der Waals surface area contributed by atoms with Crippen molar-refractivity contribution in [1.82, 2.24) is 4.90 Å². The van der Waals surface area contributed by atoms with Crippen LogP contribution in [-0.2, 0) is 9.59 Å². The van der Waals surface area contributed by atoms with Gasteiger partial charge in [0.1, 0.15) is 5.25 Å². The minimum absolute atomic E-state index is 0.0270. The summed E-state index contributed by atoms with van der Waals surface area (Å²) in [5, 5.41) is 3.28. The summed E-state index contributed by atoms with van der Waals surface area (Å²) in [5.74, 6) is -0.137. The van der Waals surface area contributed by atoms with Crippen LogP contribution in [0.3, 0.4) is 0 Å². The average molecular weight is 503 g/mol. The maximum absolute atomic E-state index is 12.9. The van der Waals surface area contributed by atoms with E-state index >= 15 is 0 Å². The molecule has 1 N–H and O–H groups in total. The molecule has 0 unspecified atom stereocenters. The van der Waals surface area contributed by atoms with Crippen LogP contribution in [0, 0.1) is 0 Å². The van der Waals surface area contributed by atoms with Crippen LogP contribution < -0.4 is 5.32 Å². The van der Waals surface area contributed by atoms with E-state index in [9.17, 15) is 9.59 Å². The van der Waals surface area contributed by atoms with Gasteiger partial charge in [-0.15, -0.1) is 0 Å². The van der Waals surface area contributed by atoms with Crippen molar-refractivity contribution < 1.29 is 9.59 Å². The maximum Gasteiger partial charge on any atom is 0.242 e. The van der Waals surface area contributed by atoms with Crippen LogP contribution in [0.5, 0.6) is 0 Å². The second-order valence-electron chi connectivity index (χ2n) is 6.39. The number of amides is 2.